The van der Waals surface area contributed by atoms with Crippen molar-refractivity contribution < 1.29 is 32.0 Å². The van der Waals surface area contributed by atoms with Crippen LogP contribution in [0.3, 0.4) is 0 Å². The average molecular weight is 231 g/mol. The number of hydrogen-bond acceptors (Lipinski definition) is 4. The number of halogens is 3. The summed E-state index contributed by atoms with van der Waals surface area (Å²) in [4.78, 5) is 21.2. The van der Waals surface area contributed by atoms with Crippen LogP contribution in [0.25, 0.3) is 0 Å². The first-order valence-electron chi connectivity index (χ1n) is 4.17. The van der Waals surface area contributed by atoms with Crippen molar-refractivity contribution in [3.8, 4) is 0 Å². The molecule has 4 nitrogen and oxygen atoms in total. The Hall–Kier alpha value is -1.99. The molecule has 1 fully saturated rings. The largest absolute Gasteiger partial charge is 0.618 e. The van der Waals surface area contributed by atoms with Gasteiger partial charge in [-0.3, -0.25) is 0 Å². The van der Waals surface area contributed by atoms with Crippen LogP contribution in [0.4, 0.5) is 13.1 Å². The lowest BCUT2D eigenvalue weighted by molar-refractivity contribution is -0.150. The maximum atomic E-state index is 13.8. The van der Waals surface area contributed by atoms with Crippen molar-refractivity contribution in [2.75, 3.05) is 0 Å². The normalized spacial score (nSPS) is 18.2. The van der Waals surface area contributed by atoms with Gasteiger partial charge >= 0.3 is 18.8 Å². The van der Waals surface area contributed by atoms with Crippen LogP contribution < -0.4 is 5.46 Å². The molecule has 0 spiro atoms. The first kappa shape index (κ1) is 10.5. The van der Waals surface area contributed by atoms with E-state index in [1.807, 2.05) is 0 Å². The summed E-state index contributed by atoms with van der Waals surface area (Å²) >= 11 is 0. The number of hydrogen-bond donors (Lipinski definition) is 0. The van der Waals surface area contributed by atoms with Crippen molar-refractivity contribution in [1.82, 2.24) is 0 Å². The van der Waals surface area contributed by atoms with Crippen molar-refractivity contribution in [2.24, 2.45) is 0 Å². The van der Waals surface area contributed by atoms with Crippen LogP contribution >= 0.6 is 0 Å². The van der Waals surface area contributed by atoms with Crippen molar-refractivity contribution in [3.05, 3.63) is 29.8 Å². The molecule has 1 aliphatic rings. The minimum absolute atomic E-state index is 0.747. The molecule has 0 N–H and O–H groups in total. The molecule has 1 saturated heterocycles. The van der Waals surface area contributed by atoms with Gasteiger partial charge < -0.3 is 13.6 Å². The molecule has 1 aromatic rings. The van der Waals surface area contributed by atoms with E-state index in [4.69, 9.17) is 0 Å². The van der Waals surface area contributed by atoms with Gasteiger partial charge in [-0.2, -0.15) is 0 Å². The number of rotatable bonds is 1. The lowest BCUT2D eigenvalue weighted by atomic mass is 9.73. The Morgan fingerprint density at radius 1 is 1.06 bits per heavy atom. The highest BCUT2D eigenvalue weighted by Crippen LogP contribution is 2.19. The van der Waals surface area contributed by atoms with Crippen LogP contribution in [-0.2, 0) is 18.9 Å². The quantitative estimate of drug-likeness (QED) is 0.511. The van der Waals surface area contributed by atoms with Gasteiger partial charge in [-0.25, -0.2) is 18.4 Å². The highest BCUT2D eigenvalue weighted by atomic mass is 19.2. The highest BCUT2D eigenvalue weighted by molar-refractivity contribution is 6.82. The summed E-state index contributed by atoms with van der Waals surface area (Å²) in [5, 5.41) is 0. The Kier molecular flexibility index (Phi) is 2.14. The van der Waals surface area contributed by atoms with Crippen LogP contribution in [0.2, 0.25) is 0 Å². The fourth-order valence-electron chi connectivity index (χ4n) is 1.31. The molecule has 0 bridgehead atoms. The fourth-order valence-corrected chi connectivity index (χ4v) is 1.31. The van der Waals surface area contributed by atoms with E-state index in [1.54, 1.807) is 0 Å². The van der Waals surface area contributed by atoms with Gasteiger partial charge in [0.05, 0.1) is 0 Å². The molecule has 2 rings (SSSR count). The topological polar surface area (TPSA) is 52.6 Å². The molecule has 84 valence electrons. The van der Waals surface area contributed by atoms with Gasteiger partial charge in [-0.05, 0) is 11.5 Å². The molecular formula is C8H3BF3O4-. The van der Waals surface area contributed by atoms with E-state index in [2.05, 4.69) is 9.31 Å². The smallest absolute Gasteiger partial charge is 0.564 e. The molecular weight excluding hydrogens is 228 g/mol. The maximum absolute atomic E-state index is 13.8. The molecule has 0 saturated carbocycles. The zero-order chi connectivity index (χ0) is 11.9. The number of benzene rings is 1. The molecule has 0 unspecified atom stereocenters. The number of carbonyl (C=O) groups is 2. The number of carbonyl (C=O) groups excluding carboxylic acids is 2. The average Bonchev–Trinajstić information content (AvgIpc) is 2.46. The van der Waals surface area contributed by atoms with Crippen molar-refractivity contribution >= 4 is 24.2 Å². The molecule has 0 amide bonds. The van der Waals surface area contributed by atoms with Gasteiger partial charge in [-0.15, -0.1) is 0 Å². The Bertz CT molecular complexity index is 474. The maximum Gasteiger partial charge on any atom is 0.564 e. The second kappa shape index (κ2) is 3.26. The van der Waals surface area contributed by atoms with E-state index in [1.165, 1.54) is 0 Å². The van der Waals surface area contributed by atoms with Gasteiger partial charge in [0.1, 0.15) is 5.82 Å². The minimum Gasteiger partial charge on any atom is -0.618 e. The van der Waals surface area contributed by atoms with Gasteiger partial charge in [-0.1, -0.05) is 12.1 Å². The van der Waals surface area contributed by atoms with E-state index in [9.17, 15) is 22.7 Å². The van der Waals surface area contributed by atoms with Crippen LogP contribution in [0, 0.1) is 11.6 Å². The van der Waals surface area contributed by atoms with E-state index in [0.717, 1.165) is 18.2 Å². The van der Waals surface area contributed by atoms with E-state index in [0.29, 0.717) is 0 Å². The zero-order valence-electron chi connectivity index (χ0n) is 7.58. The first-order valence-corrected chi connectivity index (χ1v) is 4.17. The summed E-state index contributed by atoms with van der Waals surface area (Å²) in [5.74, 6) is -6.06. The molecule has 8 heteroatoms. The third-order valence-electron chi connectivity index (χ3n) is 2.04. The van der Waals surface area contributed by atoms with Crippen LogP contribution in [0.1, 0.15) is 0 Å². The molecule has 0 radical (unpaired) electrons. The molecule has 1 aliphatic heterocycles. The fraction of sp³-hybridized carbons (Fsp3) is 0. The van der Waals surface area contributed by atoms with Gasteiger partial charge in [0.25, 0.3) is 0 Å². The molecule has 0 aliphatic carbocycles. The molecule has 1 aromatic carbocycles. The van der Waals surface area contributed by atoms with E-state index >= 15 is 0 Å². The van der Waals surface area contributed by atoms with Gasteiger partial charge in [0.15, 0.2) is 5.82 Å². The summed E-state index contributed by atoms with van der Waals surface area (Å²) in [5.41, 5.74) is -0.945. The third-order valence-corrected chi connectivity index (χ3v) is 2.04. The summed E-state index contributed by atoms with van der Waals surface area (Å²) in [6.45, 7) is -4.11. The second-order valence-electron chi connectivity index (χ2n) is 3.07. The third kappa shape index (κ3) is 1.42. The van der Waals surface area contributed by atoms with E-state index < -0.39 is 35.9 Å². The van der Waals surface area contributed by atoms with Crippen molar-refractivity contribution in [1.29, 1.82) is 0 Å². The highest BCUT2D eigenvalue weighted by Gasteiger charge is 2.48. The van der Waals surface area contributed by atoms with Crippen LogP contribution in [-0.4, -0.2) is 18.8 Å². The predicted molar refractivity (Wildman–Crippen MR) is 45.0 cm³/mol. The van der Waals surface area contributed by atoms with Gasteiger partial charge in [0, 0.05) is 0 Å². The standard InChI is InChI=1S/C8H3BF3O4/c10-5-3-1-2-4(6(5)11)9(12)15-7(13)8(14)16-9/h1-3H/q-1. The lowest BCUT2D eigenvalue weighted by Crippen LogP contribution is -2.48. The van der Waals surface area contributed by atoms with Gasteiger partial charge in [0.2, 0.25) is 0 Å². The monoisotopic (exact) mass is 231 g/mol. The lowest BCUT2D eigenvalue weighted by Gasteiger charge is -2.24. The van der Waals surface area contributed by atoms with Crippen LogP contribution in [0.15, 0.2) is 18.2 Å². The molecule has 0 aromatic heterocycles. The summed E-state index contributed by atoms with van der Waals surface area (Å²) in [7, 11) is 0. The second-order valence-corrected chi connectivity index (χ2v) is 3.07. The SMILES string of the molecule is O=C1O[B-](F)(c2cccc(F)c2F)OC1=O. The van der Waals surface area contributed by atoms with Crippen molar-refractivity contribution in [3.63, 3.8) is 0 Å². The minimum atomic E-state index is -4.11. The Morgan fingerprint density at radius 2 is 1.62 bits per heavy atom. The Labute approximate surface area is 87.0 Å². The Morgan fingerprint density at radius 3 is 2.19 bits per heavy atom. The summed E-state index contributed by atoms with van der Waals surface area (Å²) < 4.78 is 47.6. The predicted octanol–water partition coefficient (Wildman–Crippen LogP) is 0.180. The summed E-state index contributed by atoms with van der Waals surface area (Å²) in [6, 6.07) is 2.57. The van der Waals surface area contributed by atoms with Crippen molar-refractivity contribution in [2.45, 2.75) is 0 Å². The molecule has 1 heterocycles. The van der Waals surface area contributed by atoms with E-state index in [-0.39, 0.29) is 0 Å². The zero-order valence-corrected chi connectivity index (χ0v) is 7.58. The van der Waals surface area contributed by atoms with Crippen LogP contribution in [0.5, 0.6) is 0 Å². The summed E-state index contributed by atoms with van der Waals surface area (Å²) in [6.07, 6.45) is 0. The molecule has 0 atom stereocenters. The Balaban J connectivity index is 2.49. The molecule has 16 heavy (non-hydrogen) atoms. The first-order chi connectivity index (χ1) is 7.44.